The smallest absolute Gasteiger partial charge is 0.164 e. The number of benzene rings is 2. The summed E-state index contributed by atoms with van der Waals surface area (Å²) in [6.45, 7) is 0. The van der Waals surface area contributed by atoms with E-state index in [-0.39, 0.29) is 0 Å². The number of para-hydroxylation sites is 1. The average molecular weight is 352 g/mol. The Labute approximate surface area is 149 Å². The molecule has 0 N–H and O–H groups in total. The average Bonchev–Trinajstić information content (AvgIpc) is 3.09. The van der Waals surface area contributed by atoms with Gasteiger partial charge < -0.3 is 14.2 Å². The van der Waals surface area contributed by atoms with Crippen LogP contribution in [-0.4, -0.2) is 26.3 Å². The molecule has 6 heteroatoms. The fourth-order valence-electron chi connectivity index (χ4n) is 2.45. The van der Waals surface area contributed by atoms with Gasteiger partial charge >= 0.3 is 0 Å². The predicted molar refractivity (Wildman–Crippen MR) is 99.2 cm³/mol. The molecule has 0 radical (unpaired) electrons. The fraction of sp³-hybridized carbons (Fsp3) is 0.158. The highest BCUT2D eigenvalue weighted by atomic mass is 32.1. The molecule has 0 saturated carbocycles. The summed E-state index contributed by atoms with van der Waals surface area (Å²) >= 11 is 1.48. The molecule has 0 aliphatic rings. The van der Waals surface area contributed by atoms with Gasteiger partial charge in [-0.2, -0.15) is 5.26 Å². The van der Waals surface area contributed by atoms with E-state index < -0.39 is 0 Å². The first-order valence-electron chi connectivity index (χ1n) is 7.48. The highest BCUT2D eigenvalue weighted by Crippen LogP contribution is 2.37. The highest BCUT2D eigenvalue weighted by molar-refractivity contribution is 7.19. The lowest BCUT2D eigenvalue weighted by Gasteiger charge is -2.12. The van der Waals surface area contributed by atoms with Crippen LogP contribution in [0.2, 0.25) is 0 Å². The van der Waals surface area contributed by atoms with Crippen LogP contribution in [0.15, 0.2) is 36.4 Å². The van der Waals surface area contributed by atoms with Gasteiger partial charge in [-0.25, -0.2) is 4.98 Å². The van der Waals surface area contributed by atoms with Crippen molar-refractivity contribution in [3.8, 4) is 23.3 Å². The zero-order chi connectivity index (χ0) is 17.8. The number of hydrogen-bond acceptors (Lipinski definition) is 6. The van der Waals surface area contributed by atoms with Crippen LogP contribution in [0.5, 0.6) is 17.2 Å². The third-order valence-electron chi connectivity index (χ3n) is 3.68. The molecule has 0 bridgehead atoms. The van der Waals surface area contributed by atoms with Gasteiger partial charge in [-0.3, -0.25) is 0 Å². The summed E-state index contributed by atoms with van der Waals surface area (Å²) < 4.78 is 17.1. The lowest BCUT2D eigenvalue weighted by Crippen LogP contribution is -1.95. The Bertz CT molecular complexity index is 953. The van der Waals surface area contributed by atoms with Gasteiger partial charge in [0.2, 0.25) is 0 Å². The van der Waals surface area contributed by atoms with Crippen molar-refractivity contribution in [2.45, 2.75) is 0 Å². The van der Waals surface area contributed by atoms with Gasteiger partial charge in [0.1, 0.15) is 16.8 Å². The Morgan fingerprint density at radius 3 is 2.36 bits per heavy atom. The monoisotopic (exact) mass is 352 g/mol. The van der Waals surface area contributed by atoms with Crippen molar-refractivity contribution in [2.75, 3.05) is 21.3 Å². The van der Waals surface area contributed by atoms with E-state index >= 15 is 0 Å². The van der Waals surface area contributed by atoms with Crippen molar-refractivity contribution in [1.29, 1.82) is 5.26 Å². The van der Waals surface area contributed by atoms with Gasteiger partial charge in [0.05, 0.1) is 37.1 Å². The zero-order valence-electron chi connectivity index (χ0n) is 14.1. The highest BCUT2D eigenvalue weighted by Gasteiger charge is 2.14. The van der Waals surface area contributed by atoms with Crippen LogP contribution < -0.4 is 14.2 Å². The topological polar surface area (TPSA) is 64.4 Å². The molecule has 0 amide bonds. The minimum atomic E-state index is 0.465. The molecular weight excluding hydrogens is 336 g/mol. The molecule has 0 aliphatic heterocycles. The number of fused-ring (bicyclic) bond motifs is 1. The molecule has 1 aromatic heterocycles. The van der Waals surface area contributed by atoms with E-state index in [0.717, 1.165) is 15.8 Å². The van der Waals surface area contributed by atoms with Crippen LogP contribution >= 0.6 is 11.3 Å². The maximum atomic E-state index is 9.61. The van der Waals surface area contributed by atoms with E-state index in [9.17, 15) is 5.26 Å². The second-order valence-electron chi connectivity index (χ2n) is 5.11. The second kappa shape index (κ2) is 7.24. The van der Waals surface area contributed by atoms with Crippen LogP contribution in [-0.2, 0) is 0 Å². The van der Waals surface area contributed by atoms with E-state index in [1.807, 2.05) is 24.3 Å². The Morgan fingerprint density at radius 1 is 1.04 bits per heavy atom. The summed E-state index contributed by atoms with van der Waals surface area (Å²) in [5.41, 5.74) is 2.06. The minimum absolute atomic E-state index is 0.465. The van der Waals surface area contributed by atoms with Gasteiger partial charge in [0.15, 0.2) is 11.5 Å². The van der Waals surface area contributed by atoms with E-state index in [1.54, 1.807) is 39.5 Å². The normalized spacial score (nSPS) is 11.2. The molecule has 5 nitrogen and oxygen atoms in total. The Balaban J connectivity index is 2.12. The van der Waals surface area contributed by atoms with E-state index in [1.165, 1.54) is 11.3 Å². The van der Waals surface area contributed by atoms with Crippen LogP contribution in [0.1, 0.15) is 10.6 Å². The lowest BCUT2D eigenvalue weighted by atomic mass is 10.1. The summed E-state index contributed by atoms with van der Waals surface area (Å²) in [7, 11) is 4.70. The van der Waals surface area contributed by atoms with E-state index in [4.69, 9.17) is 14.2 Å². The molecule has 1 heterocycles. The molecule has 126 valence electrons. The molecule has 2 aromatic carbocycles. The molecular formula is C19H16N2O3S. The van der Waals surface area contributed by atoms with Crippen LogP contribution in [0, 0.1) is 11.3 Å². The molecule has 0 saturated heterocycles. The van der Waals surface area contributed by atoms with E-state index in [2.05, 4.69) is 11.1 Å². The summed E-state index contributed by atoms with van der Waals surface area (Å²) in [6, 6.07) is 13.5. The zero-order valence-corrected chi connectivity index (χ0v) is 14.9. The standard InChI is InChI=1S/C19H16N2O3S/c1-22-15-10-17(24-3)16(23-2)9-12(15)8-13(11-20)19-21-14-6-4-5-7-18(14)25-19/h4-10H,1-3H3/b13-8-. The van der Waals surface area contributed by atoms with Gasteiger partial charge in [-0.05, 0) is 24.3 Å². The molecule has 0 aliphatic carbocycles. The van der Waals surface area contributed by atoms with Crippen molar-refractivity contribution >= 4 is 33.2 Å². The first-order chi connectivity index (χ1) is 12.2. The Kier molecular flexibility index (Phi) is 4.87. The fourth-order valence-corrected chi connectivity index (χ4v) is 3.38. The number of allylic oxidation sites excluding steroid dienone is 1. The maximum absolute atomic E-state index is 9.61. The van der Waals surface area contributed by atoms with Crippen LogP contribution in [0.25, 0.3) is 21.9 Å². The number of rotatable bonds is 5. The molecule has 3 rings (SSSR count). The second-order valence-corrected chi connectivity index (χ2v) is 6.14. The molecule has 25 heavy (non-hydrogen) atoms. The van der Waals surface area contributed by atoms with Crippen LogP contribution in [0.3, 0.4) is 0 Å². The summed E-state index contributed by atoms with van der Waals surface area (Å²) in [5.74, 6) is 1.72. The minimum Gasteiger partial charge on any atom is -0.496 e. The summed E-state index contributed by atoms with van der Waals surface area (Å²) in [6.07, 6.45) is 1.75. The van der Waals surface area contributed by atoms with E-state index in [0.29, 0.717) is 27.8 Å². The third kappa shape index (κ3) is 3.28. The number of aromatic nitrogens is 1. The largest absolute Gasteiger partial charge is 0.496 e. The summed E-state index contributed by atoms with van der Waals surface area (Å²) in [4.78, 5) is 4.54. The molecule has 0 fully saturated rings. The van der Waals surface area contributed by atoms with Crippen molar-refractivity contribution in [2.24, 2.45) is 0 Å². The molecule has 0 spiro atoms. The number of methoxy groups -OCH3 is 3. The Hall–Kier alpha value is -3.04. The maximum Gasteiger partial charge on any atom is 0.164 e. The number of thiazole rings is 1. The number of hydrogen-bond donors (Lipinski definition) is 0. The number of nitrogens with zero attached hydrogens (tertiary/aromatic N) is 2. The molecule has 0 atom stereocenters. The van der Waals surface area contributed by atoms with Gasteiger partial charge in [-0.1, -0.05) is 12.1 Å². The summed E-state index contributed by atoms with van der Waals surface area (Å²) in [5, 5.41) is 10.3. The lowest BCUT2D eigenvalue weighted by molar-refractivity contribution is 0.348. The quantitative estimate of drug-likeness (QED) is 0.637. The first kappa shape index (κ1) is 16.8. The first-order valence-corrected chi connectivity index (χ1v) is 8.29. The predicted octanol–water partition coefficient (Wildman–Crippen LogP) is 4.39. The van der Waals surface area contributed by atoms with Gasteiger partial charge in [0.25, 0.3) is 0 Å². The van der Waals surface area contributed by atoms with Crippen molar-refractivity contribution in [1.82, 2.24) is 4.98 Å². The van der Waals surface area contributed by atoms with Crippen molar-refractivity contribution < 1.29 is 14.2 Å². The Morgan fingerprint density at radius 2 is 1.72 bits per heavy atom. The number of ether oxygens (including phenoxy) is 3. The third-order valence-corrected chi connectivity index (χ3v) is 4.75. The molecule has 0 unspecified atom stereocenters. The van der Waals surface area contributed by atoms with Gasteiger partial charge in [0, 0.05) is 11.6 Å². The van der Waals surface area contributed by atoms with Crippen LogP contribution in [0.4, 0.5) is 0 Å². The SMILES string of the molecule is COc1cc(OC)c(OC)cc1/C=C(/C#N)c1nc2ccccc2s1. The number of nitriles is 1. The van der Waals surface area contributed by atoms with Gasteiger partial charge in [-0.15, -0.1) is 11.3 Å². The molecule has 3 aromatic rings. The van der Waals surface area contributed by atoms with Crippen molar-refractivity contribution in [3.05, 3.63) is 47.0 Å². The van der Waals surface area contributed by atoms with Crippen molar-refractivity contribution in [3.63, 3.8) is 0 Å².